The molecule has 1 aliphatic rings. The zero-order chi connectivity index (χ0) is 17.6. The van der Waals surface area contributed by atoms with E-state index in [9.17, 15) is 14.7 Å². The van der Waals surface area contributed by atoms with Crippen LogP contribution >= 0.6 is 0 Å². The molecule has 2 aromatic rings. The summed E-state index contributed by atoms with van der Waals surface area (Å²) in [5.74, 6) is 0.739. The minimum Gasteiger partial charge on any atom is -0.505 e. The molecule has 0 saturated heterocycles. The lowest BCUT2D eigenvalue weighted by molar-refractivity contribution is -0.105. The van der Waals surface area contributed by atoms with Gasteiger partial charge in [0.2, 0.25) is 6.41 Å². The van der Waals surface area contributed by atoms with Gasteiger partial charge in [-0.05, 0) is 55.2 Å². The number of phenols is 1. The zero-order valence-corrected chi connectivity index (χ0v) is 14.2. The predicted octanol–water partition coefficient (Wildman–Crippen LogP) is 4.51. The molecular weight excluding hydrogens is 314 g/mol. The predicted molar refractivity (Wildman–Crippen MR) is 97.9 cm³/mol. The molecule has 0 unspecified atom stereocenters. The summed E-state index contributed by atoms with van der Waals surface area (Å²) in [6.07, 6.45) is 5.19. The fraction of sp³-hybridized carbons (Fsp3) is 0.333. The molecule has 1 saturated carbocycles. The van der Waals surface area contributed by atoms with E-state index in [2.05, 4.69) is 29.6 Å². The highest BCUT2D eigenvalue weighted by Crippen LogP contribution is 2.38. The van der Waals surface area contributed by atoms with Gasteiger partial charge in [-0.1, -0.05) is 36.4 Å². The number of carbonyl (C=O) groups excluding carboxylic acids is 2. The van der Waals surface area contributed by atoms with Gasteiger partial charge in [-0.3, -0.25) is 9.59 Å². The number of amides is 1. The number of benzene rings is 2. The van der Waals surface area contributed by atoms with Crippen molar-refractivity contribution in [2.75, 3.05) is 5.32 Å². The number of carbonyl (C=O) groups is 2. The van der Waals surface area contributed by atoms with Gasteiger partial charge in [-0.2, -0.15) is 0 Å². The second-order valence-electron chi connectivity index (χ2n) is 6.72. The molecule has 2 N–H and O–H groups in total. The van der Waals surface area contributed by atoms with Crippen LogP contribution in [0.3, 0.4) is 0 Å². The summed E-state index contributed by atoms with van der Waals surface area (Å²) in [4.78, 5) is 23.1. The maximum atomic E-state index is 12.6. The van der Waals surface area contributed by atoms with E-state index in [-0.39, 0.29) is 22.8 Å². The highest BCUT2D eigenvalue weighted by atomic mass is 16.3. The number of Topliss-reactive ketones (excluding diaryl/α,β-unsaturated/α-hetero) is 1. The van der Waals surface area contributed by atoms with Gasteiger partial charge >= 0.3 is 0 Å². The second kappa shape index (κ2) is 7.97. The number of para-hydroxylation sites is 1. The van der Waals surface area contributed by atoms with Crippen LogP contribution in [-0.2, 0) is 4.79 Å². The third-order valence-electron chi connectivity index (χ3n) is 5.14. The van der Waals surface area contributed by atoms with Crippen molar-refractivity contribution in [1.82, 2.24) is 0 Å². The van der Waals surface area contributed by atoms with Crippen LogP contribution in [0.2, 0.25) is 0 Å². The van der Waals surface area contributed by atoms with Gasteiger partial charge < -0.3 is 10.4 Å². The molecule has 4 heteroatoms. The summed E-state index contributed by atoms with van der Waals surface area (Å²) < 4.78 is 0. The Hall–Kier alpha value is -2.62. The van der Waals surface area contributed by atoms with Crippen LogP contribution in [0.1, 0.15) is 53.9 Å². The first-order valence-electron chi connectivity index (χ1n) is 8.79. The van der Waals surface area contributed by atoms with Crippen molar-refractivity contribution in [2.24, 2.45) is 5.92 Å². The number of nitrogens with one attached hydrogen (secondary N) is 1. The average Bonchev–Trinajstić information content (AvgIpc) is 2.65. The van der Waals surface area contributed by atoms with Gasteiger partial charge in [0.25, 0.3) is 0 Å². The van der Waals surface area contributed by atoms with E-state index in [0.29, 0.717) is 24.7 Å². The molecule has 3 rings (SSSR count). The second-order valence-corrected chi connectivity index (χ2v) is 6.72. The Labute approximate surface area is 147 Å². The van der Waals surface area contributed by atoms with Crippen LogP contribution in [0.5, 0.6) is 5.75 Å². The van der Waals surface area contributed by atoms with Gasteiger partial charge in [0, 0.05) is 6.42 Å². The van der Waals surface area contributed by atoms with E-state index in [1.54, 1.807) is 18.2 Å². The van der Waals surface area contributed by atoms with Crippen LogP contribution in [-0.4, -0.2) is 17.3 Å². The zero-order valence-electron chi connectivity index (χ0n) is 14.2. The highest BCUT2D eigenvalue weighted by molar-refractivity contribution is 6.01. The standard InChI is InChI=1S/C21H23NO3/c23-14-22-19-8-4-7-18(21(19)25)20(24)13-15-9-11-17(12-10-15)16-5-2-1-3-6-16/h1-8,14-15,17,25H,9-13H2,(H,22,23). The van der Waals surface area contributed by atoms with Crippen molar-refractivity contribution in [3.63, 3.8) is 0 Å². The lowest BCUT2D eigenvalue weighted by atomic mass is 9.76. The van der Waals surface area contributed by atoms with Crippen molar-refractivity contribution >= 4 is 17.9 Å². The highest BCUT2D eigenvalue weighted by Gasteiger charge is 2.25. The number of hydrogen-bond acceptors (Lipinski definition) is 3. The Morgan fingerprint density at radius 3 is 2.44 bits per heavy atom. The number of ketones is 1. The number of hydrogen-bond donors (Lipinski definition) is 2. The number of aromatic hydroxyl groups is 1. The quantitative estimate of drug-likeness (QED) is 0.463. The maximum absolute atomic E-state index is 12.6. The molecule has 0 bridgehead atoms. The molecule has 4 nitrogen and oxygen atoms in total. The lowest BCUT2D eigenvalue weighted by Crippen LogP contribution is -2.17. The van der Waals surface area contributed by atoms with Gasteiger partial charge in [0.1, 0.15) is 5.75 Å². The van der Waals surface area contributed by atoms with Gasteiger partial charge in [-0.15, -0.1) is 0 Å². The molecule has 0 spiro atoms. The maximum Gasteiger partial charge on any atom is 0.211 e. The topological polar surface area (TPSA) is 66.4 Å². The largest absolute Gasteiger partial charge is 0.505 e. The van der Waals surface area contributed by atoms with Gasteiger partial charge in [0.05, 0.1) is 11.3 Å². The summed E-state index contributed by atoms with van der Waals surface area (Å²) in [5, 5.41) is 12.6. The third-order valence-corrected chi connectivity index (χ3v) is 5.14. The Balaban J connectivity index is 1.60. The molecule has 1 aliphatic carbocycles. The molecule has 0 heterocycles. The van der Waals surface area contributed by atoms with E-state index in [0.717, 1.165) is 25.7 Å². The normalized spacial score (nSPS) is 20.0. The van der Waals surface area contributed by atoms with E-state index in [1.807, 2.05) is 6.07 Å². The van der Waals surface area contributed by atoms with Crippen LogP contribution in [0, 0.1) is 5.92 Å². The van der Waals surface area contributed by atoms with Crippen LogP contribution in [0.15, 0.2) is 48.5 Å². The fourth-order valence-electron chi connectivity index (χ4n) is 3.75. The Bertz CT molecular complexity index is 734. The third kappa shape index (κ3) is 4.08. The number of phenolic OH excluding ortho intramolecular Hbond substituents is 1. The first-order chi connectivity index (χ1) is 12.2. The molecule has 0 radical (unpaired) electrons. The van der Waals surface area contributed by atoms with Crippen LogP contribution in [0.25, 0.3) is 0 Å². The number of anilines is 1. The molecule has 130 valence electrons. The first-order valence-corrected chi connectivity index (χ1v) is 8.79. The van der Waals surface area contributed by atoms with Crippen molar-refractivity contribution in [1.29, 1.82) is 0 Å². The SMILES string of the molecule is O=CNc1cccc(C(=O)CC2CCC(c3ccccc3)CC2)c1O. The minimum absolute atomic E-state index is 0.0600. The molecule has 1 amide bonds. The Kier molecular flexibility index (Phi) is 5.49. The van der Waals surface area contributed by atoms with Crippen molar-refractivity contribution in [3.05, 3.63) is 59.7 Å². The molecule has 0 aromatic heterocycles. The van der Waals surface area contributed by atoms with Gasteiger partial charge in [-0.25, -0.2) is 0 Å². The van der Waals surface area contributed by atoms with Gasteiger partial charge in [0.15, 0.2) is 5.78 Å². The van der Waals surface area contributed by atoms with Crippen molar-refractivity contribution < 1.29 is 14.7 Å². The Morgan fingerprint density at radius 1 is 1.04 bits per heavy atom. The molecule has 1 fully saturated rings. The minimum atomic E-state index is -0.141. The molecule has 2 aromatic carbocycles. The summed E-state index contributed by atoms with van der Waals surface area (Å²) in [6, 6.07) is 15.4. The summed E-state index contributed by atoms with van der Waals surface area (Å²) in [5.41, 5.74) is 1.95. The van der Waals surface area contributed by atoms with E-state index in [1.165, 1.54) is 5.56 Å². The smallest absolute Gasteiger partial charge is 0.211 e. The summed E-state index contributed by atoms with van der Waals surface area (Å²) in [6.45, 7) is 0. The fourth-order valence-corrected chi connectivity index (χ4v) is 3.75. The van der Waals surface area contributed by atoms with E-state index < -0.39 is 0 Å². The van der Waals surface area contributed by atoms with Crippen molar-refractivity contribution in [3.8, 4) is 5.75 Å². The molecule has 0 aliphatic heterocycles. The summed E-state index contributed by atoms with van der Waals surface area (Å²) >= 11 is 0. The first kappa shape index (κ1) is 17.2. The van der Waals surface area contributed by atoms with E-state index >= 15 is 0 Å². The monoisotopic (exact) mass is 337 g/mol. The molecule has 0 atom stereocenters. The van der Waals surface area contributed by atoms with Crippen LogP contribution in [0.4, 0.5) is 5.69 Å². The molecular formula is C21H23NO3. The van der Waals surface area contributed by atoms with E-state index in [4.69, 9.17) is 0 Å². The van der Waals surface area contributed by atoms with Crippen LogP contribution < -0.4 is 5.32 Å². The average molecular weight is 337 g/mol. The lowest BCUT2D eigenvalue weighted by Gasteiger charge is -2.28. The molecule has 25 heavy (non-hydrogen) atoms. The van der Waals surface area contributed by atoms with Crippen molar-refractivity contribution in [2.45, 2.75) is 38.0 Å². The summed E-state index contributed by atoms with van der Waals surface area (Å²) in [7, 11) is 0. The number of rotatable bonds is 6. The Morgan fingerprint density at radius 2 is 1.76 bits per heavy atom.